The summed E-state index contributed by atoms with van der Waals surface area (Å²) in [6, 6.07) is 9.56. The molecule has 0 bridgehead atoms. The van der Waals surface area contributed by atoms with E-state index in [0.29, 0.717) is 22.7 Å². The highest BCUT2D eigenvalue weighted by molar-refractivity contribution is 6.31. The van der Waals surface area contributed by atoms with Crippen LogP contribution in [0.3, 0.4) is 0 Å². The molecule has 2 aromatic rings. The molecule has 0 radical (unpaired) electrons. The zero-order chi connectivity index (χ0) is 15.2. The van der Waals surface area contributed by atoms with Crippen LogP contribution in [0.5, 0.6) is 5.75 Å². The molecule has 2 rings (SSSR count). The molecule has 0 atom stereocenters. The summed E-state index contributed by atoms with van der Waals surface area (Å²) in [5.41, 5.74) is 1.21. The molecule has 0 aromatic heterocycles. The Hall–Kier alpha value is -1.65. The van der Waals surface area contributed by atoms with E-state index in [9.17, 15) is 8.78 Å². The van der Waals surface area contributed by atoms with Crippen LogP contribution in [0.1, 0.15) is 18.1 Å². The third-order valence-corrected chi connectivity index (χ3v) is 3.34. The summed E-state index contributed by atoms with van der Waals surface area (Å²) < 4.78 is 33.1. The van der Waals surface area contributed by atoms with Crippen molar-refractivity contribution in [1.29, 1.82) is 0 Å². The van der Waals surface area contributed by atoms with Crippen molar-refractivity contribution in [3.05, 3.63) is 64.2 Å². The van der Waals surface area contributed by atoms with Gasteiger partial charge in [0.25, 0.3) is 0 Å². The minimum atomic E-state index is -0.713. The predicted octanol–water partition coefficient (Wildman–Crippen LogP) is 4.31. The van der Waals surface area contributed by atoms with Gasteiger partial charge >= 0.3 is 0 Å². The second kappa shape index (κ2) is 7.38. The summed E-state index contributed by atoms with van der Waals surface area (Å²) in [5, 5.41) is 3.51. The Kier molecular flexibility index (Phi) is 5.53. The normalized spacial score (nSPS) is 10.7. The molecule has 0 spiro atoms. The van der Waals surface area contributed by atoms with E-state index in [1.165, 1.54) is 12.1 Å². The van der Waals surface area contributed by atoms with Gasteiger partial charge in [-0.3, -0.25) is 0 Å². The Morgan fingerprint density at radius 1 is 1.14 bits per heavy atom. The first kappa shape index (κ1) is 15.7. The number of halogens is 3. The molecule has 0 amide bonds. The maximum absolute atomic E-state index is 13.9. The molecule has 2 nitrogen and oxygen atoms in total. The maximum Gasteiger partial charge on any atom is 0.191 e. The summed E-state index contributed by atoms with van der Waals surface area (Å²) in [6.07, 6.45) is 0. The molecular weight excluding hydrogens is 296 g/mol. The van der Waals surface area contributed by atoms with Gasteiger partial charge in [0, 0.05) is 17.1 Å². The number of nitrogens with one attached hydrogen (secondary N) is 1. The number of rotatable bonds is 6. The maximum atomic E-state index is 13.9. The van der Waals surface area contributed by atoms with Gasteiger partial charge in [-0.2, -0.15) is 0 Å². The van der Waals surface area contributed by atoms with Crippen LogP contribution in [-0.2, 0) is 13.2 Å². The smallest absolute Gasteiger partial charge is 0.191 e. The first-order valence-electron chi connectivity index (χ1n) is 6.66. The van der Waals surface area contributed by atoms with Crippen molar-refractivity contribution in [1.82, 2.24) is 5.32 Å². The summed E-state index contributed by atoms with van der Waals surface area (Å²) in [5.74, 6) is -1.81. The van der Waals surface area contributed by atoms with E-state index in [0.717, 1.165) is 6.54 Å². The standard InChI is InChI=1S/C16H16ClF2NO/c1-2-20-9-11-7-14(18)16(15(19)8-11)21-10-12-5-3-4-6-13(12)17/h3-8,20H,2,9-10H2,1H3. The Bertz CT molecular complexity index is 596. The summed E-state index contributed by atoms with van der Waals surface area (Å²) in [4.78, 5) is 0. The lowest BCUT2D eigenvalue weighted by Gasteiger charge is -2.11. The average Bonchev–Trinajstić information content (AvgIpc) is 2.46. The van der Waals surface area contributed by atoms with Crippen LogP contribution >= 0.6 is 11.6 Å². The SMILES string of the molecule is CCNCc1cc(F)c(OCc2ccccc2Cl)c(F)c1. The molecule has 0 saturated heterocycles. The first-order valence-corrected chi connectivity index (χ1v) is 7.04. The fourth-order valence-electron chi connectivity index (χ4n) is 1.89. The number of hydrogen-bond donors (Lipinski definition) is 1. The molecule has 0 fully saturated rings. The zero-order valence-electron chi connectivity index (χ0n) is 11.6. The van der Waals surface area contributed by atoms with Crippen LogP contribution in [-0.4, -0.2) is 6.54 Å². The van der Waals surface area contributed by atoms with Crippen LogP contribution in [0.25, 0.3) is 0 Å². The van der Waals surface area contributed by atoms with E-state index in [-0.39, 0.29) is 12.4 Å². The van der Waals surface area contributed by atoms with Crippen molar-refractivity contribution in [2.45, 2.75) is 20.1 Å². The van der Waals surface area contributed by atoms with Crippen molar-refractivity contribution in [2.75, 3.05) is 6.54 Å². The molecule has 0 aliphatic heterocycles. The van der Waals surface area contributed by atoms with Gasteiger partial charge in [-0.15, -0.1) is 0 Å². The largest absolute Gasteiger partial charge is 0.483 e. The molecule has 1 N–H and O–H groups in total. The van der Waals surface area contributed by atoms with E-state index in [1.807, 2.05) is 6.92 Å². The molecule has 0 unspecified atom stereocenters. The fourth-order valence-corrected chi connectivity index (χ4v) is 2.08. The van der Waals surface area contributed by atoms with Crippen molar-refractivity contribution in [3.8, 4) is 5.75 Å². The van der Waals surface area contributed by atoms with Gasteiger partial charge in [-0.1, -0.05) is 36.7 Å². The summed E-state index contributed by atoms with van der Waals surface area (Å²) >= 11 is 5.98. The van der Waals surface area contributed by atoms with Gasteiger partial charge < -0.3 is 10.1 Å². The van der Waals surface area contributed by atoms with Gasteiger partial charge in [-0.25, -0.2) is 8.78 Å². The number of ether oxygens (including phenoxy) is 1. The molecule has 112 valence electrons. The summed E-state index contributed by atoms with van der Waals surface area (Å²) in [7, 11) is 0. The molecule has 0 saturated carbocycles. The highest BCUT2D eigenvalue weighted by Crippen LogP contribution is 2.25. The predicted molar refractivity (Wildman–Crippen MR) is 79.5 cm³/mol. The molecule has 0 aliphatic carbocycles. The highest BCUT2D eigenvalue weighted by atomic mass is 35.5. The number of benzene rings is 2. The molecule has 0 heterocycles. The quantitative estimate of drug-likeness (QED) is 0.858. The van der Waals surface area contributed by atoms with Crippen LogP contribution in [0.2, 0.25) is 5.02 Å². The lowest BCUT2D eigenvalue weighted by molar-refractivity contribution is 0.274. The van der Waals surface area contributed by atoms with E-state index in [4.69, 9.17) is 16.3 Å². The Labute approximate surface area is 127 Å². The lowest BCUT2D eigenvalue weighted by Crippen LogP contribution is -2.12. The van der Waals surface area contributed by atoms with Crippen LogP contribution < -0.4 is 10.1 Å². The van der Waals surface area contributed by atoms with Crippen molar-refractivity contribution in [3.63, 3.8) is 0 Å². The van der Waals surface area contributed by atoms with E-state index in [2.05, 4.69) is 5.32 Å². The highest BCUT2D eigenvalue weighted by Gasteiger charge is 2.13. The minimum absolute atomic E-state index is 0.0140. The van der Waals surface area contributed by atoms with Crippen molar-refractivity contribution >= 4 is 11.6 Å². The topological polar surface area (TPSA) is 21.3 Å². The first-order chi connectivity index (χ1) is 10.1. The number of hydrogen-bond acceptors (Lipinski definition) is 2. The van der Waals surface area contributed by atoms with Gasteiger partial charge in [0.2, 0.25) is 0 Å². The lowest BCUT2D eigenvalue weighted by atomic mass is 10.2. The Balaban J connectivity index is 2.12. The average molecular weight is 312 g/mol. The second-order valence-electron chi connectivity index (χ2n) is 4.55. The van der Waals surface area contributed by atoms with Gasteiger partial charge in [0.15, 0.2) is 17.4 Å². The second-order valence-corrected chi connectivity index (χ2v) is 4.96. The fraction of sp³-hybridized carbons (Fsp3) is 0.250. The van der Waals surface area contributed by atoms with Crippen LogP contribution in [0.4, 0.5) is 8.78 Å². The molecule has 5 heteroatoms. The van der Waals surface area contributed by atoms with Gasteiger partial charge in [0.1, 0.15) is 6.61 Å². The van der Waals surface area contributed by atoms with Gasteiger partial charge in [-0.05, 0) is 30.3 Å². The monoisotopic (exact) mass is 311 g/mol. The van der Waals surface area contributed by atoms with Crippen molar-refractivity contribution in [2.24, 2.45) is 0 Å². The summed E-state index contributed by atoms with van der Waals surface area (Å²) in [6.45, 7) is 3.08. The Morgan fingerprint density at radius 3 is 2.43 bits per heavy atom. The zero-order valence-corrected chi connectivity index (χ0v) is 12.4. The minimum Gasteiger partial charge on any atom is -0.483 e. The van der Waals surface area contributed by atoms with Gasteiger partial charge in [0.05, 0.1) is 0 Å². The molecule has 2 aromatic carbocycles. The Morgan fingerprint density at radius 2 is 1.81 bits per heavy atom. The molecule has 0 aliphatic rings. The van der Waals surface area contributed by atoms with Crippen molar-refractivity contribution < 1.29 is 13.5 Å². The third kappa shape index (κ3) is 4.16. The van der Waals surface area contributed by atoms with E-state index >= 15 is 0 Å². The van der Waals surface area contributed by atoms with Crippen LogP contribution in [0.15, 0.2) is 36.4 Å². The third-order valence-electron chi connectivity index (χ3n) is 2.97. The van der Waals surface area contributed by atoms with E-state index < -0.39 is 11.6 Å². The van der Waals surface area contributed by atoms with Crippen LogP contribution in [0, 0.1) is 11.6 Å². The molecular formula is C16H16ClF2NO. The molecule has 21 heavy (non-hydrogen) atoms. The van der Waals surface area contributed by atoms with E-state index in [1.54, 1.807) is 24.3 Å².